The molecule has 1 aliphatic heterocycles. The molecule has 2 amide bonds. The molecule has 2 aromatic rings. The highest BCUT2D eigenvalue weighted by atomic mass is 16.2. The fourth-order valence-corrected chi connectivity index (χ4v) is 3.36. The van der Waals surface area contributed by atoms with Gasteiger partial charge in [-0.3, -0.25) is 9.59 Å². The largest absolute Gasteiger partial charge is 0.354 e. The molecular formula is C21H25N3O2. The maximum atomic E-state index is 12.8. The number of pyridine rings is 1. The summed E-state index contributed by atoms with van der Waals surface area (Å²) in [6, 6.07) is 9.74. The third kappa shape index (κ3) is 3.21. The summed E-state index contributed by atoms with van der Waals surface area (Å²) < 4.78 is 0. The highest BCUT2D eigenvalue weighted by Gasteiger charge is 2.30. The van der Waals surface area contributed by atoms with Crippen molar-refractivity contribution in [1.29, 1.82) is 0 Å². The van der Waals surface area contributed by atoms with Gasteiger partial charge in [-0.25, -0.2) is 4.98 Å². The van der Waals surface area contributed by atoms with Crippen LogP contribution in [0.25, 0.3) is 0 Å². The molecule has 1 aromatic heterocycles. The Bertz CT molecular complexity index is 841. The van der Waals surface area contributed by atoms with Crippen molar-refractivity contribution in [2.45, 2.75) is 45.6 Å². The van der Waals surface area contributed by atoms with Gasteiger partial charge in [-0.2, -0.15) is 0 Å². The maximum Gasteiger partial charge on any atom is 0.269 e. The highest BCUT2D eigenvalue weighted by Crippen LogP contribution is 2.35. The summed E-state index contributed by atoms with van der Waals surface area (Å²) in [7, 11) is 1.57. The molecule has 0 aliphatic carbocycles. The lowest BCUT2D eigenvalue weighted by molar-refractivity contribution is -0.118. The number of anilines is 1. The molecule has 0 unspecified atom stereocenters. The van der Waals surface area contributed by atoms with Gasteiger partial charge in [0, 0.05) is 7.05 Å². The molecule has 5 heteroatoms. The molecule has 1 aliphatic rings. The Balaban J connectivity index is 1.93. The number of fused-ring (bicyclic) bond motifs is 1. The van der Waals surface area contributed by atoms with E-state index < -0.39 is 0 Å². The van der Waals surface area contributed by atoms with Crippen LogP contribution in [0.5, 0.6) is 0 Å². The Kier molecular flexibility index (Phi) is 4.81. The smallest absolute Gasteiger partial charge is 0.269 e. The first-order chi connectivity index (χ1) is 12.4. The Morgan fingerprint density at radius 3 is 2.65 bits per heavy atom. The molecule has 0 atom stereocenters. The van der Waals surface area contributed by atoms with Gasteiger partial charge in [0.25, 0.3) is 5.91 Å². The molecule has 0 radical (unpaired) electrons. The van der Waals surface area contributed by atoms with Crippen LogP contribution >= 0.6 is 0 Å². The van der Waals surface area contributed by atoms with Crippen molar-refractivity contribution in [2.24, 2.45) is 0 Å². The first kappa shape index (κ1) is 18.1. The lowest BCUT2D eigenvalue weighted by atomic mass is 9.77. The summed E-state index contributed by atoms with van der Waals surface area (Å²) in [5.74, 6) is -0.176. The number of nitrogens with one attached hydrogen (secondary N) is 1. The first-order valence-corrected chi connectivity index (χ1v) is 8.97. The van der Waals surface area contributed by atoms with Crippen molar-refractivity contribution in [3.05, 3.63) is 58.9 Å². The molecule has 0 saturated carbocycles. The third-order valence-electron chi connectivity index (χ3n) is 5.36. The monoisotopic (exact) mass is 351 g/mol. The molecule has 26 heavy (non-hydrogen) atoms. The SMILES string of the molecule is CCC(C)(C)c1cccc2c1CC(=O)N(c1ccc(C(=O)NC)nc1)C2. The predicted octanol–water partition coefficient (Wildman–Crippen LogP) is 3.22. The van der Waals surface area contributed by atoms with E-state index in [0.29, 0.717) is 24.3 Å². The number of hydrogen-bond donors (Lipinski definition) is 1. The number of benzene rings is 1. The van der Waals surface area contributed by atoms with Crippen molar-refractivity contribution in [3.8, 4) is 0 Å². The fourth-order valence-electron chi connectivity index (χ4n) is 3.36. The molecule has 0 fully saturated rings. The van der Waals surface area contributed by atoms with E-state index in [2.05, 4.69) is 49.3 Å². The summed E-state index contributed by atoms with van der Waals surface area (Å²) in [5, 5.41) is 2.55. The van der Waals surface area contributed by atoms with Gasteiger partial charge in [-0.1, -0.05) is 39.0 Å². The summed E-state index contributed by atoms with van der Waals surface area (Å²) >= 11 is 0. The number of hydrogen-bond acceptors (Lipinski definition) is 3. The third-order valence-corrected chi connectivity index (χ3v) is 5.36. The number of carbonyl (C=O) groups is 2. The zero-order valence-electron chi connectivity index (χ0n) is 15.8. The van der Waals surface area contributed by atoms with Crippen molar-refractivity contribution in [1.82, 2.24) is 10.3 Å². The number of carbonyl (C=O) groups excluding carboxylic acids is 2. The van der Waals surface area contributed by atoms with Gasteiger partial charge < -0.3 is 10.2 Å². The highest BCUT2D eigenvalue weighted by molar-refractivity contribution is 5.97. The molecule has 3 rings (SSSR count). The van der Waals surface area contributed by atoms with E-state index in [1.807, 2.05) is 0 Å². The molecule has 0 bridgehead atoms. The Morgan fingerprint density at radius 1 is 1.27 bits per heavy atom. The van der Waals surface area contributed by atoms with Gasteiger partial charge in [0.1, 0.15) is 5.69 Å². The zero-order chi connectivity index (χ0) is 18.9. The zero-order valence-corrected chi connectivity index (χ0v) is 15.8. The van der Waals surface area contributed by atoms with E-state index >= 15 is 0 Å². The van der Waals surface area contributed by atoms with Crippen LogP contribution in [0.15, 0.2) is 36.5 Å². The average Bonchev–Trinajstić information content (AvgIpc) is 2.66. The molecule has 136 valence electrons. The molecule has 2 heterocycles. The van der Waals surface area contributed by atoms with Crippen LogP contribution in [0.1, 0.15) is 54.4 Å². The van der Waals surface area contributed by atoms with Gasteiger partial charge in [0.05, 0.1) is 24.8 Å². The second kappa shape index (κ2) is 6.90. The Labute approximate surface area is 154 Å². The predicted molar refractivity (Wildman–Crippen MR) is 102 cm³/mol. The summed E-state index contributed by atoms with van der Waals surface area (Å²) in [6.07, 6.45) is 3.01. The van der Waals surface area contributed by atoms with E-state index in [1.54, 1.807) is 30.3 Å². The van der Waals surface area contributed by atoms with Gasteiger partial charge >= 0.3 is 0 Å². The second-order valence-electron chi connectivity index (χ2n) is 7.32. The normalized spacial score (nSPS) is 14.2. The summed E-state index contributed by atoms with van der Waals surface area (Å²) in [6.45, 7) is 7.15. The lowest BCUT2D eigenvalue weighted by Crippen LogP contribution is -2.37. The van der Waals surface area contributed by atoms with Gasteiger partial charge in [-0.05, 0) is 40.7 Å². The second-order valence-corrected chi connectivity index (χ2v) is 7.32. The summed E-state index contributed by atoms with van der Waals surface area (Å²) in [5.41, 5.74) is 4.71. The van der Waals surface area contributed by atoms with E-state index in [-0.39, 0.29) is 17.2 Å². The van der Waals surface area contributed by atoms with Crippen molar-refractivity contribution >= 4 is 17.5 Å². The van der Waals surface area contributed by atoms with E-state index in [9.17, 15) is 9.59 Å². The number of nitrogens with zero attached hydrogens (tertiary/aromatic N) is 2. The van der Waals surface area contributed by atoms with Crippen LogP contribution < -0.4 is 10.2 Å². The molecule has 0 spiro atoms. The standard InChI is InChI=1S/C21H25N3O2/c1-5-21(2,3)17-8-6-7-14-13-24(19(25)11-16(14)17)15-9-10-18(23-12-15)20(26)22-4/h6-10,12H,5,11,13H2,1-4H3,(H,22,26). The van der Waals surface area contributed by atoms with Crippen LogP contribution in [-0.4, -0.2) is 23.8 Å². The molecule has 0 saturated heterocycles. The van der Waals surface area contributed by atoms with Crippen molar-refractivity contribution in [2.75, 3.05) is 11.9 Å². The van der Waals surface area contributed by atoms with Crippen LogP contribution in [-0.2, 0) is 23.2 Å². The Morgan fingerprint density at radius 2 is 2.04 bits per heavy atom. The minimum Gasteiger partial charge on any atom is -0.354 e. The number of amides is 2. The van der Waals surface area contributed by atoms with Crippen LogP contribution in [0.4, 0.5) is 5.69 Å². The lowest BCUT2D eigenvalue weighted by Gasteiger charge is -2.34. The summed E-state index contributed by atoms with van der Waals surface area (Å²) in [4.78, 5) is 30.4. The number of rotatable bonds is 4. The minimum absolute atomic E-state index is 0.0461. The molecular weight excluding hydrogens is 326 g/mol. The number of aromatic nitrogens is 1. The van der Waals surface area contributed by atoms with E-state index in [0.717, 1.165) is 12.0 Å². The van der Waals surface area contributed by atoms with Gasteiger partial charge in [-0.15, -0.1) is 0 Å². The van der Waals surface area contributed by atoms with Crippen molar-refractivity contribution in [3.63, 3.8) is 0 Å². The van der Waals surface area contributed by atoms with Crippen LogP contribution in [0, 0.1) is 0 Å². The molecule has 1 aromatic carbocycles. The van der Waals surface area contributed by atoms with Crippen LogP contribution in [0.2, 0.25) is 0 Å². The van der Waals surface area contributed by atoms with Crippen LogP contribution in [0.3, 0.4) is 0 Å². The van der Waals surface area contributed by atoms with Crippen molar-refractivity contribution < 1.29 is 9.59 Å². The van der Waals surface area contributed by atoms with Gasteiger partial charge in [0.2, 0.25) is 5.91 Å². The topological polar surface area (TPSA) is 62.3 Å². The maximum absolute atomic E-state index is 12.8. The molecule has 1 N–H and O–H groups in total. The average molecular weight is 351 g/mol. The molecule has 5 nitrogen and oxygen atoms in total. The minimum atomic E-state index is -0.238. The first-order valence-electron chi connectivity index (χ1n) is 8.97. The fraction of sp³-hybridized carbons (Fsp3) is 0.381. The Hall–Kier alpha value is -2.69. The quantitative estimate of drug-likeness (QED) is 0.920. The van der Waals surface area contributed by atoms with E-state index in [1.165, 1.54) is 11.1 Å². The van der Waals surface area contributed by atoms with E-state index in [4.69, 9.17) is 0 Å². The van der Waals surface area contributed by atoms with Gasteiger partial charge in [0.15, 0.2) is 0 Å².